The van der Waals surface area contributed by atoms with Crippen LogP contribution in [0.15, 0.2) is 34.7 Å². The van der Waals surface area contributed by atoms with Gasteiger partial charge in [-0.05, 0) is 82.7 Å². The van der Waals surface area contributed by atoms with Crippen molar-refractivity contribution in [2.24, 2.45) is 5.92 Å². The Morgan fingerprint density at radius 3 is 2.48 bits per heavy atom. The number of aryl methyl sites for hydroxylation is 3. The molecule has 2 fully saturated rings. The zero-order valence-corrected chi connectivity index (χ0v) is 19.2. The molecule has 0 saturated carbocycles. The fraction of sp³-hybridized carbons (Fsp3) is 0.577. The number of likely N-dealkylation sites (tertiary alicyclic amines) is 1. The molecule has 0 aliphatic carbocycles. The van der Waals surface area contributed by atoms with E-state index in [2.05, 4.69) is 36.1 Å². The Balaban J connectivity index is 1.37. The molecular weight excluding hydrogens is 388 g/mol. The summed E-state index contributed by atoms with van der Waals surface area (Å²) in [5.41, 5.74) is 3.70. The number of nitrogens with zero attached hydrogens (tertiary/aromatic N) is 2. The van der Waals surface area contributed by atoms with Gasteiger partial charge in [0, 0.05) is 31.8 Å². The highest BCUT2D eigenvalue weighted by molar-refractivity contribution is 5.93. The van der Waals surface area contributed by atoms with Crippen LogP contribution in [0.3, 0.4) is 0 Å². The molecule has 2 aliphatic heterocycles. The second-order valence-electron chi connectivity index (χ2n) is 9.36. The van der Waals surface area contributed by atoms with Gasteiger partial charge in [0.15, 0.2) is 5.76 Å². The van der Waals surface area contributed by atoms with E-state index in [4.69, 9.17) is 9.15 Å². The van der Waals surface area contributed by atoms with E-state index in [0.29, 0.717) is 18.2 Å². The molecule has 1 amide bonds. The van der Waals surface area contributed by atoms with E-state index in [9.17, 15) is 4.79 Å². The largest absolute Gasteiger partial charge is 0.456 e. The molecule has 5 heteroatoms. The predicted molar refractivity (Wildman–Crippen MR) is 122 cm³/mol. The van der Waals surface area contributed by atoms with Gasteiger partial charge in [0.2, 0.25) is 0 Å². The third-order valence-electron chi connectivity index (χ3n) is 6.81. The average Bonchev–Trinajstić information content (AvgIpc) is 3.39. The topological polar surface area (TPSA) is 45.9 Å². The van der Waals surface area contributed by atoms with Gasteiger partial charge in [-0.2, -0.15) is 0 Å². The van der Waals surface area contributed by atoms with Crippen LogP contribution in [-0.2, 0) is 11.3 Å². The Hall–Kier alpha value is -2.11. The van der Waals surface area contributed by atoms with Gasteiger partial charge >= 0.3 is 0 Å². The normalized spacial score (nSPS) is 20.3. The molecule has 31 heavy (non-hydrogen) atoms. The lowest BCUT2D eigenvalue weighted by molar-refractivity contribution is 0.0421. The van der Waals surface area contributed by atoms with Crippen LogP contribution < -0.4 is 0 Å². The van der Waals surface area contributed by atoms with Gasteiger partial charge in [0.05, 0.1) is 6.10 Å². The number of piperidine rings is 1. The molecule has 1 aromatic carbocycles. The van der Waals surface area contributed by atoms with Crippen LogP contribution in [0, 0.1) is 26.7 Å². The van der Waals surface area contributed by atoms with Crippen LogP contribution in [0.25, 0.3) is 0 Å². The highest BCUT2D eigenvalue weighted by Gasteiger charge is 2.30. The molecule has 0 N–H and O–H groups in total. The number of benzene rings is 1. The molecule has 168 valence electrons. The summed E-state index contributed by atoms with van der Waals surface area (Å²) in [6, 6.07) is 10.6. The first-order chi connectivity index (χ1) is 15.0. The number of ether oxygens (including phenoxy) is 1. The first kappa shape index (κ1) is 22.1. The smallest absolute Gasteiger partial charge is 0.289 e. The summed E-state index contributed by atoms with van der Waals surface area (Å²) in [6.07, 6.45) is 4.52. The van der Waals surface area contributed by atoms with E-state index in [1.165, 1.54) is 11.1 Å². The molecular formula is C26H36N2O3. The number of furan rings is 1. The van der Waals surface area contributed by atoms with Gasteiger partial charge < -0.3 is 14.1 Å². The van der Waals surface area contributed by atoms with Crippen LogP contribution >= 0.6 is 0 Å². The summed E-state index contributed by atoms with van der Waals surface area (Å²) in [7, 11) is 0. The molecule has 0 spiro atoms. The van der Waals surface area contributed by atoms with E-state index >= 15 is 0 Å². The van der Waals surface area contributed by atoms with Crippen molar-refractivity contribution in [3.63, 3.8) is 0 Å². The van der Waals surface area contributed by atoms with E-state index in [-0.39, 0.29) is 12.0 Å². The molecule has 4 rings (SSSR count). The van der Waals surface area contributed by atoms with Crippen molar-refractivity contribution < 1.29 is 13.9 Å². The molecule has 1 aromatic heterocycles. The van der Waals surface area contributed by atoms with Crippen molar-refractivity contribution in [1.82, 2.24) is 9.80 Å². The van der Waals surface area contributed by atoms with E-state index in [1.807, 2.05) is 24.8 Å². The van der Waals surface area contributed by atoms with Crippen LogP contribution in [0.5, 0.6) is 0 Å². The highest BCUT2D eigenvalue weighted by atomic mass is 16.5. The molecule has 3 heterocycles. The number of carbonyl (C=O) groups excluding carboxylic acids is 1. The first-order valence-electron chi connectivity index (χ1n) is 11.7. The zero-order chi connectivity index (χ0) is 21.8. The summed E-state index contributed by atoms with van der Waals surface area (Å²) in [4.78, 5) is 17.9. The van der Waals surface area contributed by atoms with Crippen molar-refractivity contribution >= 4 is 5.91 Å². The fourth-order valence-corrected chi connectivity index (χ4v) is 4.94. The van der Waals surface area contributed by atoms with E-state index in [0.717, 1.165) is 69.8 Å². The average molecular weight is 425 g/mol. The van der Waals surface area contributed by atoms with Crippen LogP contribution in [0.4, 0.5) is 0 Å². The molecule has 2 saturated heterocycles. The number of rotatable bonds is 7. The van der Waals surface area contributed by atoms with Crippen molar-refractivity contribution in [2.75, 3.05) is 32.8 Å². The molecule has 2 aromatic rings. The zero-order valence-electron chi connectivity index (χ0n) is 19.2. The maximum atomic E-state index is 13.3. The van der Waals surface area contributed by atoms with Gasteiger partial charge in [0.1, 0.15) is 5.76 Å². The molecule has 5 nitrogen and oxygen atoms in total. The van der Waals surface area contributed by atoms with E-state index < -0.39 is 0 Å². The standard InChI is InChI=1S/C26H36N2O3/c1-19-7-4-5-8-23(19)17-27-12-10-22(11-13-27)16-28(18-24-9-6-14-30-24)26(29)25-20(2)15-21(3)31-25/h4-5,7-8,15,22,24H,6,9-14,16-18H2,1-3H3/t24-/m0/s1. The Bertz CT molecular complexity index is 877. The fourth-order valence-electron chi connectivity index (χ4n) is 4.94. The van der Waals surface area contributed by atoms with Crippen molar-refractivity contribution in [2.45, 2.75) is 59.1 Å². The first-order valence-corrected chi connectivity index (χ1v) is 11.7. The van der Waals surface area contributed by atoms with Crippen molar-refractivity contribution in [1.29, 1.82) is 0 Å². The SMILES string of the molecule is Cc1cc(C)c(C(=O)N(CC2CCN(Cc3ccccc3C)CC2)C[C@@H]2CCCO2)o1. The van der Waals surface area contributed by atoms with Gasteiger partial charge in [-0.15, -0.1) is 0 Å². The van der Waals surface area contributed by atoms with Gasteiger partial charge in [-0.3, -0.25) is 9.69 Å². The van der Waals surface area contributed by atoms with Crippen LogP contribution in [-0.4, -0.2) is 54.6 Å². The third-order valence-corrected chi connectivity index (χ3v) is 6.81. The summed E-state index contributed by atoms with van der Waals surface area (Å²) < 4.78 is 11.6. The lowest BCUT2D eigenvalue weighted by Gasteiger charge is -2.35. The van der Waals surface area contributed by atoms with Gasteiger partial charge in [-0.25, -0.2) is 0 Å². The van der Waals surface area contributed by atoms with Crippen LogP contribution in [0.1, 0.15) is 58.7 Å². The Morgan fingerprint density at radius 1 is 1.06 bits per heavy atom. The maximum absolute atomic E-state index is 13.3. The molecule has 0 bridgehead atoms. The Labute approximate surface area is 186 Å². The monoisotopic (exact) mass is 424 g/mol. The Kier molecular flexibility index (Phi) is 7.13. The summed E-state index contributed by atoms with van der Waals surface area (Å²) in [5, 5.41) is 0. The highest BCUT2D eigenvalue weighted by Crippen LogP contribution is 2.24. The van der Waals surface area contributed by atoms with E-state index in [1.54, 1.807) is 0 Å². The maximum Gasteiger partial charge on any atom is 0.289 e. The van der Waals surface area contributed by atoms with Crippen molar-refractivity contribution in [3.05, 3.63) is 58.5 Å². The minimum absolute atomic E-state index is 0.0171. The molecule has 1 atom stereocenters. The lowest BCUT2D eigenvalue weighted by atomic mass is 9.95. The number of hydrogen-bond donors (Lipinski definition) is 0. The van der Waals surface area contributed by atoms with Crippen LogP contribution in [0.2, 0.25) is 0 Å². The Morgan fingerprint density at radius 2 is 1.84 bits per heavy atom. The van der Waals surface area contributed by atoms with Gasteiger partial charge in [-0.1, -0.05) is 24.3 Å². The second kappa shape index (κ2) is 10.0. The second-order valence-corrected chi connectivity index (χ2v) is 9.36. The summed E-state index contributed by atoms with van der Waals surface area (Å²) in [5.74, 6) is 1.83. The number of amides is 1. The molecule has 0 radical (unpaired) electrons. The minimum atomic E-state index is 0.0171. The minimum Gasteiger partial charge on any atom is -0.456 e. The summed E-state index contributed by atoms with van der Waals surface area (Å²) >= 11 is 0. The molecule has 2 aliphatic rings. The lowest BCUT2D eigenvalue weighted by Crippen LogP contribution is -2.43. The van der Waals surface area contributed by atoms with Gasteiger partial charge in [0.25, 0.3) is 5.91 Å². The quantitative estimate of drug-likeness (QED) is 0.644. The van der Waals surface area contributed by atoms with Crippen molar-refractivity contribution in [3.8, 4) is 0 Å². The number of hydrogen-bond acceptors (Lipinski definition) is 4. The summed E-state index contributed by atoms with van der Waals surface area (Å²) in [6.45, 7) is 11.5. The predicted octanol–water partition coefficient (Wildman–Crippen LogP) is 4.74. The third kappa shape index (κ3) is 5.58. The molecule has 0 unspecified atom stereocenters. The number of carbonyl (C=O) groups is 1.